The molecule has 2 saturated heterocycles. The number of hydrogen-bond donors (Lipinski definition) is 1. The summed E-state index contributed by atoms with van der Waals surface area (Å²) in [5.41, 5.74) is 4.01. The first-order chi connectivity index (χ1) is 15.9. The Morgan fingerprint density at radius 3 is 2.53 bits per heavy atom. The average molecular weight is 434 g/mol. The number of fused-ring (bicyclic) bond motifs is 2. The smallest absolute Gasteiger partial charge is 0.228 e. The van der Waals surface area contributed by atoms with E-state index in [1.807, 2.05) is 17.1 Å². The van der Waals surface area contributed by atoms with Crippen molar-refractivity contribution >= 4 is 27.9 Å². The lowest BCUT2D eigenvalue weighted by Gasteiger charge is -2.27. The molecule has 2 aliphatic heterocycles. The lowest BCUT2D eigenvalue weighted by Crippen LogP contribution is -2.38. The number of nitrogens with zero attached hydrogens (tertiary/aromatic N) is 6. The molecule has 2 aliphatic rings. The van der Waals surface area contributed by atoms with Crippen LogP contribution in [0, 0.1) is 0 Å². The van der Waals surface area contributed by atoms with Gasteiger partial charge in [-0.1, -0.05) is 12.1 Å². The zero-order valence-corrected chi connectivity index (χ0v) is 18.0. The molecular weight excluding hydrogens is 406 g/mol. The van der Waals surface area contributed by atoms with E-state index in [2.05, 4.69) is 39.0 Å². The molecule has 0 aliphatic carbocycles. The van der Waals surface area contributed by atoms with Crippen molar-refractivity contribution in [3.05, 3.63) is 36.7 Å². The maximum absolute atomic E-state index is 5.55. The monoisotopic (exact) mass is 433 g/mol. The highest BCUT2D eigenvalue weighted by Gasteiger charge is 2.21. The van der Waals surface area contributed by atoms with Gasteiger partial charge in [0.05, 0.1) is 50.2 Å². The molecule has 0 unspecified atom stereocenters. The first-order valence-corrected chi connectivity index (χ1v) is 11.3. The molecule has 166 valence electrons. The second-order valence-corrected chi connectivity index (χ2v) is 8.28. The molecule has 9 nitrogen and oxygen atoms in total. The van der Waals surface area contributed by atoms with Gasteiger partial charge in [0.25, 0.3) is 0 Å². The number of benzene rings is 1. The van der Waals surface area contributed by atoms with E-state index >= 15 is 0 Å². The second kappa shape index (κ2) is 8.50. The molecule has 6 rings (SSSR count). The summed E-state index contributed by atoms with van der Waals surface area (Å²) in [6.07, 6.45) is 3.89. The van der Waals surface area contributed by atoms with Crippen LogP contribution in [0.1, 0.15) is 0 Å². The van der Waals surface area contributed by atoms with E-state index in [9.17, 15) is 0 Å². The Bertz CT molecular complexity index is 1220. The van der Waals surface area contributed by atoms with Gasteiger partial charge in [0.2, 0.25) is 5.95 Å². The summed E-state index contributed by atoms with van der Waals surface area (Å²) in [6, 6.07) is 8.40. The van der Waals surface area contributed by atoms with Crippen LogP contribution in [0.25, 0.3) is 33.2 Å². The number of morpholine rings is 2. The largest absolute Gasteiger partial charge is 0.379 e. The molecule has 3 aromatic heterocycles. The molecule has 0 spiro atoms. The van der Waals surface area contributed by atoms with Crippen molar-refractivity contribution in [3.63, 3.8) is 0 Å². The number of hydrogen-bond acceptors (Lipinski definition) is 7. The van der Waals surface area contributed by atoms with Crippen molar-refractivity contribution in [2.45, 2.75) is 6.54 Å². The van der Waals surface area contributed by atoms with Crippen LogP contribution >= 0.6 is 0 Å². The van der Waals surface area contributed by atoms with Crippen molar-refractivity contribution in [1.82, 2.24) is 29.6 Å². The highest BCUT2D eigenvalue weighted by Crippen LogP contribution is 2.33. The summed E-state index contributed by atoms with van der Waals surface area (Å²) >= 11 is 0. The van der Waals surface area contributed by atoms with Crippen LogP contribution in [0.2, 0.25) is 0 Å². The third kappa shape index (κ3) is 3.62. The fourth-order valence-electron chi connectivity index (χ4n) is 4.57. The third-order valence-electron chi connectivity index (χ3n) is 6.36. The molecular formula is C23H27N7O2. The fourth-order valence-corrected chi connectivity index (χ4v) is 4.57. The van der Waals surface area contributed by atoms with Crippen LogP contribution in [0.3, 0.4) is 0 Å². The van der Waals surface area contributed by atoms with E-state index in [1.54, 1.807) is 0 Å². The summed E-state index contributed by atoms with van der Waals surface area (Å²) in [5, 5.41) is 6.86. The molecule has 1 aromatic carbocycles. The SMILES string of the molecule is c1cc(-c2nc(N3CCOCC3)nc3c2cnn3CCN2CCOCC2)c2cc[nH]c2c1. The topological polar surface area (TPSA) is 84.3 Å². The number of nitrogens with one attached hydrogen (secondary N) is 1. The zero-order chi connectivity index (χ0) is 21.3. The van der Waals surface area contributed by atoms with Crippen molar-refractivity contribution < 1.29 is 9.47 Å². The maximum Gasteiger partial charge on any atom is 0.228 e. The zero-order valence-electron chi connectivity index (χ0n) is 18.0. The molecule has 5 heterocycles. The quantitative estimate of drug-likeness (QED) is 0.516. The van der Waals surface area contributed by atoms with Crippen molar-refractivity contribution in [2.24, 2.45) is 0 Å². The average Bonchev–Trinajstić information content (AvgIpc) is 3.50. The Balaban J connectivity index is 1.44. The number of aromatic nitrogens is 5. The minimum Gasteiger partial charge on any atom is -0.379 e. The molecule has 2 fully saturated rings. The predicted octanol–water partition coefficient (Wildman–Crippen LogP) is 2.14. The van der Waals surface area contributed by atoms with E-state index in [4.69, 9.17) is 24.5 Å². The third-order valence-corrected chi connectivity index (χ3v) is 6.36. The Kier molecular flexibility index (Phi) is 5.22. The first kappa shape index (κ1) is 19.7. The second-order valence-electron chi connectivity index (χ2n) is 8.28. The summed E-state index contributed by atoms with van der Waals surface area (Å²) < 4.78 is 13.1. The standard InChI is InChI=1S/C23H27N7O2/c1-2-18(17-4-5-24-20(17)3-1)21-19-16-25-30(7-6-28-8-12-31-13-9-28)22(19)27-23(26-21)29-10-14-32-15-11-29/h1-5,16,24H,6-15H2. The van der Waals surface area contributed by atoms with Crippen LogP contribution in [0.4, 0.5) is 5.95 Å². The normalized spacial score (nSPS) is 18.1. The minimum atomic E-state index is 0.695. The lowest BCUT2D eigenvalue weighted by atomic mass is 10.0. The van der Waals surface area contributed by atoms with Gasteiger partial charge in [0.15, 0.2) is 5.65 Å². The molecule has 0 saturated carbocycles. The molecule has 0 atom stereocenters. The summed E-state index contributed by atoms with van der Waals surface area (Å²) in [7, 11) is 0. The predicted molar refractivity (Wildman–Crippen MR) is 123 cm³/mol. The summed E-state index contributed by atoms with van der Waals surface area (Å²) in [4.78, 5) is 18.0. The number of anilines is 1. The fraction of sp³-hybridized carbons (Fsp3) is 0.435. The molecule has 1 N–H and O–H groups in total. The molecule has 4 aromatic rings. The highest BCUT2D eigenvalue weighted by atomic mass is 16.5. The van der Waals surface area contributed by atoms with Crippen molar-refractivity contribution in [1.29, 1.82) is 0 Å². The Morgan fingerprint density at radius 2 is 1.69 bits per heavy atom. The Labute approximate surface area is 185 Å². The number of aromatic amines is 1. The van der Waals surface area contributed by atoms with Gasteiger partial charge >= 0.3 is 0 Å². The lowest BCUT2D eigenvalue weighted by molar-refractivity contribution is 0.0361. The molecule has 32 heavy (non-hydrogen) atoms. The highest BCUT2D eigenvalue weighted by molar-refractivity contribution is 6.01. The van der Waals surface area contributed by atoms with Gasteiger partial charge in [-0.15, -0.1) is 0 Å². The van der Waals surface area contributed by atoms with Gasteiger partial charge in [0.1, 0.15) is 0 Å². The number of ether oxygens (including phenoxy) is 2. The Morgan fingerprint density at radius 1 is 0.875 bits per heavy atom. The van der Waals surface area contributed by atoms with Gasteiger partial charge in [-0.3, -0.25) is 4.90 Å². The van der Waals surface area contributed by atoms with Crippen LogP contribution < -0.4 is 4.90 Å². The van der Waals surface area contributed by atoms with Crippen LogP contribution in [-0.2, 0) is 16.0 Å². The van der Waals surface area contributed by atoms with E-state index in [0.717, 1.165) is 91.6 Å². The van der Waals surface area contributed by atoms with Gasteiger partial charge in [0, 0.05) is 55.4 Å². The van der Waals surface area contributed by atoms with Gasteiger partial charge in [-0.2, -0.15) is 10.1 Å². The van der Waals surface area contributed by atoms with E-state index in [0.29, 0.717) is 13.2 Å². The van der Waals surface area contributed by atoms with Gasteiger partial charge < -0.3 is 19.4 Å². The molecule has 0 radical (unpaired) electrons. The van der Waals surface area contributed by atoms with Gasteiger partial charge in [-0.25, -0.2) is 9.67 Å². The van der Waals surface area contributed by atoms with E-state index in [1.165, 1.54) is 0 Å². The summed E-state index contributed by atoms with van der Waals surface area (Å²) in [5.74, 6) is 0.747. The maximum atomic E-state index is 5.55. The molecule has 0 bridgehead atoms. The number of H-pyrrole nitrogens is 1. The van der Waals surface area contributed by atoms with E-state index in [-0.39, 0.29) is 0 Å². The molecule has 9 heteroatoms. The molecule has 0 amide bonds. The van der Waals surface area contributed by atoms with Crippen molar-refractivity contribution in [2.75, 3.05) is 64.1 Å². The van der Waals surface area contributed by atoms with Crippen molar-refractivity contribution in [3.8, 4) is 11.3 Å². The summed E-state index contributed by atoms with van der Waals surface area (Å²) in [6.45, 7) is 8.23. The first-order valence-electron chi connectivity index (χ1n) is 11.3. The van der Waals surface area contributed by atoms with Gasteiger partial charge in [-0.05, 0) is 12.1 Å². The van der Waals surface area contributed by atoms with Crippen LogP contribution in [0.15, 0.2) is 36.7 Å². The number of rotatable bonds is 5. The van der Waals surface area contributed by atoms with E-state index < -0.39 is 0 Å². The van der Waals surface area contributed by atoms with Crippen LogP contribution in [0.5, 0.6) is 0 Å². The minimum absolute atomic E-state index is 0.695. The van der Waals surface area contributed by atoms with Crippen LogP contribution in [-0.4, -0.2) is 88.8 Å². The Hall–Kier alpha value is -3.01.